The fraction of sp³-hybridized carbons (Fsp3) is 0.0667. The van der Waals surface area contributed by atoms with Gasteiger partial charge in [-0.25, -0.2) is 4.79 Å². The quantitative estimate of drug-likeness (QED) is 0.661. The van der Waals surface area contributed by atoms with Gasteiger partial charge in [0.2, 0.25) is 0 Å². The number of carbonyl (C=O) groups is 1. The maximum Gasteiger partial charge on any atom is 0.351 e. The van der Waals surface area contributed by atoms with Crippen molar-refractivity contribution in [1.82, 2.24) is 0 Å². The lowest BCUT2D eigenvalue weighted by Crippen LogP contribution is -2.12. The highest BCUT2D eigenvalue weighted by Gasteiger charge is 2.15. The van der Waals surface area contributed by atoms with E-state index in [4.69, 9.17) is 4.42 Å². The Morgan fingerprint density at radius 3 is 2.65 bits per heavy atom. The second kappa shape index (κ2) is 5.44. The maximum atomic E-state index is 11.9. The first-order valence-corrected chi connectivity index (χ1v) is 5.82. The van der Waals surface area contributed by atoms with Gasteiger partial charge in [-0.3, -0.25) is 4.79 Å². The van der Waals surface area contributed by atoms with Crippen LogP contribution in [0.3, 0.4) is 0 Å². The first-order valence-electron chi connectivity index (χ1n) is 5.82. The molecule has 102 valence electrons. The van der Waals surface area contributed by atoms with Gasteiger partial charge in [-0.15, -0.1) is 0 Å². The number of aromatic hydroxyl groups is 2. The molecule has 1 aromatic heterocycles. The van der Waals surface area contributed by atoms with Crippen molar-refractivity contribution in [3.05, 3.63) is 63.7 Å². The summed E-state index contributed by atoms with van der Waals surface area (Å²) in [5.41, 5.74) is -0.700. The lowest BCUT2D eigenvalue weighted by atomic mass is 10.1. The van der Waals surface area contributed by atoms with Crippen LogP contribution in [-0.2, 0) is 0 Å². The number of benzene rings is 1. The molecule has 0 unspecified atom stereocenters. The third-order valence-electron chi connectivity index (χ3n) is 2.60. The summed E-state index contributed by atoms with van der Waals surface area (Å²) < 4.78 is 4.77. The molecule has 5 heteroatoms. The second-order valence-corrected chi connectivity index (χ2v) is 4.20. The number of aryl methyl sites for hydroxylation is 1. The number of carbonyl (C=O) groups excluding carboxylic acids is 1. The molecule has 5 nitrogen and oxygen atoms in total. The molecule has 0 saturated carbocycles. The summed E-state index contributed by atoms with van der Waals surface area (Å²) in [5.74, 6) is -0.790. The zero-order chi connectivity index (χ0) is 14.7. The maximum absolute atomic E-state index is 11.9. The Kier molecular flexibility index (Phi) is 3.70. The average Bonchev–Trinajstić information content (AvgIpc) is 2.35. The standard InChI is InChI=1S/C15H12O5/c1-9-7-13(18)14(15(19)20-9)12(17)6-5-10-3-2-4-11(16)8-10/h2-8,16,18H,1H3. The molecule has 0 atom stereocenters. The van der Waals surface area contributed by atoms with Crippen molar-refractivity contribution in [2.45, 2.75) is 6.92 Å². The summed E-state index contributed by atoms with van der Waals surface area (Å²) in [6, 6.07) is 7.47. The van der Waals surface area contributed by atoms with Crippen LogP contribution >= 0.6 is 0 Å². The van der Waals surface area contributed by atoms with Gasteiger partial charge < -0.3 is 14.6 Å². The fourth-order valence-corrected chi connectivity index (χ4v) is 1.71. The third-order valence-corrected chi connectivity index (χ3v) is 2.60. The van der Waals surface area contributed by atoms with Gasteiger partial charge in [-0.2, -0.15) is 0 Å². The molecule has 0 fully saturated rings. The van der Waals surface area contributed by atoms with Crippen molar-refractivity contribution in [3.63, 3.8) is 0 Å². The lowest BCUT2D eigenvalue weighted by Gasteiger charge is -2.00. The Labute approximate surface area is 114 Å². The lowest BCUT2D eigenvalue weighted by molar-refractivity contribution is 0.104. The molecule has 0 radical (unpaired) electrons. The molecule has 2 N–H and O–H groups in total. The van der Waals surface area contributed by atoms with Crippen LogP contribution in [0.1, 0.15) is 21.7 Å². The van der Waals surface area contributed by atoms with E-state index < -0.39 is 22.7 Å². The van der Waals surface area contributed by atoms with Crippen LogP contribution < -0.4 is 5.63 Å². The van der Waals surface area contributed by atoms with Gasteiger partial charge in [0, 0.05) is 6.07 Å². The van der Waals surface area contributed by atoms with Gasteiger partial charge in [0.1, 0.15) is 22.8 Å². The molecule has 1 heterocycles. The first kappa shape index (κ1) is 13.6. The number of phenolic OH excluding ortho intramolecular Hbond substituents is 1. The smallest absolute Gasteiger partial charge is 0.351 e. The summed E-state index contributed by atoms with van der Waals surface area (Å²) in [7, 11) is 0. The number of ketones is 1. The third kappa shape index (κ3) is 2.95. The van der Waals surface area contributed by atoms with Gasteiger partial charge >= 0.3 is 5.63 Å². The number of phenols is 1. The second-order valence-electron chi connectivity index (χ2n) is 4.20. The van der Waals surface area contributed by atoms with E-state index >= 15 is 0 Å². The number of hydrogen-bond acceptors (Lipinski definition) is 5. The van der Waals surface area contributed by atoms with Gasteiger partial charge in [-0.1, -0.05) is 18.2 Å². The minimum atomic E-state index is -0.881. The monoisotopic (exact) mass is 272 g/mol. The van der Waals surface area contributed by atoms with E-state index in [9.17, 15) is 19.8 Å². The minimum Gasteiger partial charge on any atom is -0.508 e. The van der Waals surface area contributed by atoms with E-state index in [-0.39, 0.29) is 11.5 Å². The highest BCUT2D eigenvalue weighted by atomic mass is 16.4. The molecule has 0 bridgehead atoms. The number of hydrogen-bond donors (Lipinski definition) is 2. The van der Waals surface area contributed by atoms with Crippen LogP contribution in [0.25, 0.3) is 6.08 Å². The highest BCUT2D eigenvalue weighted by Crippen LogP contribution is 2.17. The summed E-state index contributed by atoms with van der Waals surface area (Å²) in [5, 5.41) is 18.9. The molecule has 2 rings (SSSR count). The molecular weight excluding hydrogens is 260 g/mol. The SMILES string of the molecule is Cc1cc(O)c(C(=O)C=Cc2cccc(O)c2)c(=O)o1. The van der Waals surface area contributed by atoms with Crippen molar-refractivity contribution in [2.75, 3.05) is 0 Å². The topological polar surface area (TPSA) is 87.7 Å². The van der Waals surface area contributed by atoms with Crippen LogP contribution in [0.2, 0.25) is 0 Å². The van der Waals surface area contributed by atoms with E-state index in [0.29, 0.717) is 5.56 Å². The van der Waals surface area contributed by atoms with Crippen molar-refractivity contribution in [2.24, 2.45) is 0 Å². The van der Waals surface area contributed by atoms with Gasteiger partial charge in [0.05, 0.1) is 0 Å². The Morgan fingerprint density at radius 1 is 1.25 bits per heavy atom. The normalized spacial score (nSPS) is 10.8. The summed E-state index contributed by atoms with van der Waals surface area (Å²) in [6.45, 7) is 1.50. The molecule has 0 spiro atoms. The van der Waals surface area contributed by atoms with Crippen LogP contribution in [0.5, 0.6) is 11.5 Å². The van der Waals surface area contributed by atoms with Crippen molar-refractivity contribution < 1.29 is 19.4 Å². The molecule has 0 aliphatic heterocycles. The first-order chi connectivity index (χ1) is 9.47. The average molecular weight is 272 g/mol. The molecule has 1 aromatic carbocycles. The van der Waals surface area contributed by atoms with Crippen molar-refractivity contribution in [1.29, 1.82) is 0 Å². The molecular formula is C15H12O5. The van der Waals surface area contributed by atoms with Gasteiger partial charge in [-0.05, 0) is 30.7 Å². The Balaban J connectivity index is 2.32. The van der Waals surface area contributed by atoms with Crippen LogP contribution in [-0.4, -0.2) is 16.0 Å². The molecule has 0 aliphatic carbocycles. The van der Waals surface area contributed by atoms with Crippen LogP contribution in [0.4, 0.5) is 0 Å². The van der Waals surface area contributed by atoms with Crippen molar-refractivity contribution >= 4 is 11.9 Å². The zero-order valence-electron chi connectivity index (χ0n) is 10.7. The molecule has 0 aliphatic rings. The van der Waals surface area contributed by atoms with Gasteiger partial charge in [0.25, 0.3) is 0 Å². The largest absolute Gasteiger partial charge is 0.508 e. The fourth-order valence-electron chi connectivity index (χ4n) is 1.71. The zero-order valence-corrected chi connectivity index (χ0v) is 10.7. The van der Waals surface area contributed by atoms with Crippen LogP contribution in [0.15, 0.2) is 45.6 Å². The molecule has 0 amide bonds. The summed E-state index contributed by atoms with van der Waals surface area (Å²) in [6.07, 6.45) is 2.57. The van der Waals surface area contributed by atoms with Crippen molar-refractivity contribution in [3.8, 4) is 11.5 Å². The van der Waals surface area contributed by atoms with E-state index in [1.165, 1.54) is 31.2 Å². The van der Waals surface area contributed by atoms with E-state index in [1.807, 2.05) is 0 Å². The Morgan fingerprint density at radius 2 is 2.00 bits per heavy atom. The summed E-state index contributed by atoms with van der Waals surface area (Å²) >= 11 is 0. The number of allylic oxidation sites excluding steroid dienone is 1. The number of rotatable bonds is 3. The van der Waals surface area contributed by atoms with E-state index in [2.05, 4.69) is 0 Å². The predicted octanol–water partition coefficient (Wildman–Crippen LogP) is 2.26. The highest BCUT2D eigenvalue weighted by molar-refractivity contribution is 6.08. The Bertz CT molecular complexity index is 740. The minimum absolute atomic E-state index is 0.0669. The summed E-state index contributed by atoms with van der Waals surface area (Å²) in [4.78, 5) is 23.4. The molecule has 2 aromatic rings. The molecule has 0 saturated heterocycles. The molecule has 20 heavy (non-hydrogen) atoms. The van der Waals surface area contributed by atoms with Gasteiger partial charge in [0.15, 0.2) is 5.78 Å². The Hall–Kier alpha value is -2.82. The van der Waals surface area contributed by atoms with E-state index in [1.54, 1.807) is 12.1 Å². The predicted molar refractivity (Wildman–Crippen MR) is 72.9 cm³/mol. The van der Waals surface area contributed by atoms with Crippen LogP contribution in [0, 0.1) is 6.92 Å². The van der Waals surface area contributed by atoms with E-state index in [0.717, 1.165) is 6.08 Å².